The molecule has 1 saturated carbocycles. The van der Waals surface area contributed by atoms with Crippen LogP contribution in [0.25, 0.3) is 0 Å². The van der Waals surface area contributed by atoms with Crippen LogP contribution in [0.5, 0.6) is 0 Å². The fourth-order valence-corrected chi connectivity index (χ4v) is 4.83. The van der Waals surface area contributed by atoms with Crippen LogP contribution < -0.4 is 22.1 Å². The van der Waals surface area contributed by atoms with Crippen molar-refractivity contribution in [3.05, 3.63) is 51.9 Å². The van der Waals surface area contributed by atoms with E-state index in [0.717, 1.165) is 54.6 Å². The Hall–Kier alpha value is -3.35. The van der Waals surface area contributed by atoms with Crippen molar-refractivity contribution in [3.8, 4) is 11.8 Å². The van der Waals surface area contributed by atoms with E-state index in [0.29, 0.717) is 17.3 Å². The third-order valence-electron chi connectivity index (χ3n) is 5.65. The number of esters is 1. The van der Waals surface area contributed by atoms with E-state index in [9.17, 15) is 14.4 Å². The minimum absolute atomic E-state index is 0.0573. The minimum atomic E-state index is -0.777. The van der Waals surface area contributed by atoms with Crippen molar-refractivity contribution < 1.29 is 19.1 Å². The number of nitrogens with one attached hydrogen (secondary N) is 2. The maximum Gasteiger partial charge on any atom is 0.323 e. The van der Waals surface area contributed by atoms with Crippen molar-refractivity contribution in [2.24, 2.45) is 17.4 Å². The predicted molar refractivity (Wildman–Crippen MR) is 137 cm³/mol. The Kier molecular flexibility index (Phi) is 9.29. The van der Waals surface area contributed by atoms with Gasteiger partial charge in [-0.1, -0.05) is 37.8 Å². The van der Waals surface area contributed by atoms with Crippen LogP contribution in [0.15, 0.2) is 30.3 Å². The number of nitrogens with two attached hydrogens (primary N) is 2. The van der Waals surface area contributed by atoms with Crippen LogP contribution in [-0.4, -0.2) is 30.1 Å². The number of hydrogen-bond acceptors (Lipinski definition) is 6. The van der Waals surface area contributed by atoms with Crippen LogP contribution in [0.4, 0.5) is 9.80 Å². The molecule has 3 amide bonds. The van der Waals surface area contributed by atoms with Crippen molar-refractivity contribution in [1.82, 2.24) is 5.32 Å². The van der Waals surface area contributed by atoms with Gasteiger partial charge in [0.2, 0.25) is 0 Å². The molecule has 0 bridgehead atoms. The number of primary amides is 2. The lowest BCUT2D eigenvalue weighted by Crippen LogP contribution is -2.40. The van der Waals surface area contributed by atoms with Gasteiger partial charge < -0.3 is 21.5 Å². The number of hydrogen-bond donors (Lipinski definition) is 4. The fraction of sp³-hybridized carbons (Fsp3) is 0.423. The predicted octanol–water partition coefficient (Wildman–Crippen LogP) is 3.73. The van der Waals surface area contributed by atoms with Gasteiger partial charge in [0, 0.05) is 12.1 Å². The molecule has 0 unspecified atom stereocenters. The topological polar surface area (TPSA) is 137 Å². The number of amides is 3. The van der Waals surface area contributed by atoms with Crippen molar-refractivity contribution in [1.29, 1.82) is 0 Å². The third kappa shape index (κ3) is 8.12. The Balaban J connectivity index is 1.61. The Bertz CT molecular complexity index is 1110. The molecule has 1 aliphatic carbocycles. The quantitative estimate of drug-likeness (QED) is 0.310. The van der Waals surface area contributed by atoms with E-state index in [-0.39, 0.29) is 28.7 Å². The Morgan fingerprint density at radius 1 is 1.11 bits per heavy atom. The zero-order chi connectivity index (χ0) is 25.4. The second kappa shape index (κ2) is 12.4. The molecule has 0 aliphatic heterocycles. The van der Waals surface area contributed by atoms with E-state index >= 15 is 0 Å². The summed E-state index contributed by atoms with van der Waals surface area (Å²) in [4.78, 5) is 36.0. The summed E-state index contributed by atoms with van der Waals surface area (Å²) in [6.45, 7) is 4.73. The first-order chi connectivity index (χ1) is 16.7. The standard InChI is InChI=1S/C26H32N4O4S/c1-16(2)13-22(25(32)34-19-5-3-4-6-19)29-15-18-9-7-17(8-10-18)11-12-20-14-21(23(27)31)24(35-20)30-26(28)33/h7-10,14,16,19,22,29H,3-6,13,15H2,1-2H3,(H2,27,31)(H3,28,30,33)/t22-/m1/s1. The molecule has 0 saturated heterocycles. The molecule has 9 heteroatoms. The third-order valence-corrected chi connectivity index (χ3v) is 6.61. The highest BCUT2D eigenvalue weighted by Crippen LogP contribution is 2.27. The van der Waals surface area contributed by atoms with E-state index in [1.54, 1.807) is 0 Å². The molecule has 186 valence electrons. The fourth-order valence-electron chi connectivity index (χ4n) is 3.91. The largest absolute Gasteiger partial charge is 0.461 e. The smallest absolute Gasteiger partial charge is 0.323 e. The van der Waals surface area contributed by atoms with Gasteiger partial charge in [-0.2, -0.15) is 0 Å². The molecule has 3 rings (SSSR count). The van der Waals surface area contributed by atoms with Crippen LogP contribution >= 0.6 is 11.3 Å². The number of ether oxygens (including phenoxy) is 1. The first-order valence-electron chi connectivity index (χ1n) is 11.8. The van der Waals surface area contributed by atoms with Gasteiger partial charge in [0.15, 0.2) is 0 Å². The van der Waals surface area contributed by atoms with Crippen LogP contribution in [-0.2, 0) is 16.1 Å². The molecule has 0 spiro atoms. The van der Waals surface area contributed by atoms with E-state index in [1.165, 1.54) is 6.07 Å². The summed E-state index contributed by atoms with van der Waals surface area (Å²) in [6, 6.07) is 8.11. The summed E-state index contributed by atoms with van der Waals surface area (Å²) >= 11 is 1.13. The molecule has 2 aromatic rings. The molecule has 1 atom stereocenters. The number of carbonyl (C=O) groups excluding carboxylic acids is 3. The summed E-state index contributed by atoms with van der Waals surface area (Å²) in [7, 11) is 0. The lowest BCUT2D eigenvalue weighted by molar-refractivity contribution is -0.151. The summed E-state index contributed by atoms with van der Waals surface area (Å²) < 4.78 is 5.72. The lowest BCUT2D eigenvalue weighted by Gasteiger charge is -2.21. The van der Waals surface area contributed by atoms with Crippen LogP contribution in [0.2, 0.25) is 0 Å². The highest BCUT2D eigenvalue weighted by molar-refractivity contribution is 7.17. The summed E-state index contributed by atoms with van der Waals surface area (Å²) in [6.07, 6.45) is 4.94. The first-order valence-corrected chi connectivity index (χ1v) is 12.6. The normalized spacial score (nSPS) is 14.3. The van der Waals surface area contributed by atoms with E-state index in [4.69, 9.17) is 16.2 Å². The Labute approximate surface area is 209 Å². The van der Waals surface area contributed by atoms with Crippen LogP contribution in [0, 0.1) is 17.8 Å². The molecule has 1 aromatic carbocycles. The highest BCUT2D eigenvalue weighted by Gasteiger charge is 2.26. The SMILES string of the molecule is CC(C)C[C@@H](NCc1ccc(C#Cc2cc(C(N)=O)c(NC(N)=O)s2)cc1)C(=O)OC1CCCC1. The van der Waals surface area contributed by atoms with Crippen molar-refractivity contribution in [3.63, 3.8) is 0 Å². The van der Waals surface area contributed by atoms with Gasteiger partial charge in [-0.3, -0.25) is 14.9 Å². The molecular weight excluding hydrogens is 464 g/mol. The molecule has 8 nitrogen and oxygen atoms in total. The van der Waals surface area contributed by atoms with E-state index in [1.807, 2.05) is 24.3 Å². The monoisotopic (exact) mass is 496 g/mol. The summed E-state index contributed by atoms with van der Waals surface area (Å²) in [5.74, 6) is 5.56. The van der Waals surface area contributed by atoms with Crippen molar-refractivity contribution >= 4 is 34.2 Å². The number of benzene rings is 1. The zero-order valence-corrected chi connectivity index (χ0v) is 20.9. The Morgan fingerprint density at radius 2 is 1.80 bits per heavy atom. The van der Waals surface area contributed by atoms with Crippen molar-refractivity contribution in [2.75, 3.05) is 5.32 Å². The van der Waals surface area contributed by atoms with Gasteiger partial charge in [0.1, 0.15) is 17.1 Å². The van der Waals surface area contributed by atoms with Gasteiger partial charge in [0.05, 0.1) is 10.4 Å². The van der Waals surface area contributed by atoms with E-state index in [2.05, 4.69) is 36.3 Å². The minimum Gasteiger partial charge on any atom is -0.461 e. The molecule has 1 aliphatic rings. The van der Waals surface area contributed by atoms with Gasteiger partial charge in [-0.25, -0.2) is 4.79 Å². The number of carbonyl (C=O) groups is 3. The molecule has 1 heterocycles. The van der Waals surface area contributed by atoms with Crippen molar-refractivity contribution in [2.45, 2.75) is 64.6 Å². The van der Waals surface area contributed by atoms with Crippen LogP contribution in [0.3, 0.4) is 0 Å². The number of anilines is 1. The second-order valence-electron chi connectivity index (χ2n) is 9.06. The number of thiophene rings is 1. The Morgan fingerprint density at radius 3 is 2.40 bits per heavy atom. The molecule has 0 radical (unpaired) electrons. The van der Waals surface area contributed by atoms with Crippen LogP contribution in [0.1, 0.15) is 72.3 Å². The molecular formula is C26H32N4O4S. The first kappa shape index (κ1) is 26.3. The van der Waals surface area contributed by atoms with Gasteiger partial charge in [-0.15, -0.1) is 11.3 Å². The van der Waals surface area contributed by atoms with Gasteiger partial charge in [0.25, 0.3) is 5.91 Å². The molecule has 6 N–H and O–H groups in total. The summed E-state index contributed by atoms with van der Waals surface area (Å²) in [5, 5.41) is 6.02. The molecule has 1 fully saturated rings. The van der Waals surface area contributed by atoms with E-state index < -0.39 is 11.9 Å². The van der Waals surface area contributed by atoms with Gasteiger partial charge >= 0.3 is 12.0 Å². The average molecular weight is 497 g/mol. The highest BCUT2D eigenvalue weighted by atomic mass is 32.1. The van der Waals surface area contributed by atoms with Gasteiger partial charge in [-0.05, 0) is 61.8 Å². The number of rotatable bonds is 9. The number of urea groups is 1. The lowest BCUT2D eigenvalue weighted by atomic mass is 10.0. The second-order valence-corrected chi connectivity index (χ2v) is 10.1. The average Bonchev–Trinajstić information content (AvgIpc) is 3.45. The maximum absolute atomic E-state index is 12.7. The molecule has 1 aromatic heterocycles. The molecule has 35 heavy (non-hydrogen) atoms. The zero-order valence-electron chi connectivity index (χ0n) is 20.1. The summed E-state index contributed by atoms with van der Waals surface area (Å²) in [5.41, 5.74) is 12.5. The maximum atomic E-state index is 12.7.